The Kier molecular flexibility index (Phi) is 6.19. The molecule has 1 saturated heterocycles. The molecule has 0 amide bonds. The van der Waals surface area contributed by atoms with Gasteiger partial charge in [0.05, 0.1) is 6.04 Å². The van der Waals surface area contributed by atoms with Gasteiger partial charge >= 0.3 is 0 Å². The van der Waals surface area contributed by atoms with Gasteiger partial charge < -0.3 is 5.73 Å². The van der Waals surface area contributed by atoms with Crippen LogP contribution >= 0.6 is 0 Å². The molecule has 3 nitrogen and oxygen atoms in total. The Balaban J connectivity index is 1.73. The average molecular weight is 321 g/mol. The third-order valence-corrected chi connectivity index (χ3v) is 4.67. The van der Waals surface area contributed by atoms with E-state index in [0.29, 0.717) is 12.6 Å². The van der Waals surface area contributed by atoms with Gasteiger partial charge in [0.2, 0.25) is 0 Å². The Morgan fingerprint density at radius 2 is 1.33 bits per heavy atom. The van der Waals surface area contributed by atoms with Gasteiger partial charge in [-0.15, -0.1) is 0 Å². The molecule has 3 rings (SSSR count). The maximum Gasteiger partial charge on any atom is 0.0602 e. The van der Waals surface area contributed by atoms with Crippen molar-refractivity contribution in [2.45, 2.75) is 6.04 Å². The van der Waals surface area contributed by atoms with Crippen molar-refractivity contribution in [2.75, 3.05) is 39.3 Å². The normalized spacial score (nSPS) is 16.9. The van der Waals surface area contributed by atoms with E-state index in [1.165, 1.54) is 11.1 Å². The van der Waals surface area contributed by atoms with Gasteiger partial charge in [-0.3, -0.25) is 9.80 Å². The van der Waals surface area contributed by atoms with Crippen molar-refractivity contribution in [1.82, 2.24) is 9.80 Å². The van der Waals surface area contributed by atoms with Crippen molar-refractivity contribution in [3.63, 3.8) is 0 Å². The number of hydrogen-bond donors (Lipinski definition) is 1. The standard InChI is InChI=1S/C21H27N3/c22-13-7-8-14-23-15-17-24(18-16-23)21(19-9-3-1-4-10-19)20-11-5-2-6-12-20/h1-12,21H,13-18,22H2/b8-7+. The highest BCUT2D eigenvalue weighted by atomic mass is 15.3. The Labute approximate surface area is 145 Å². The lowest BCUT2D eigenvalue weighted by atomic mass is 9.96. The first-order chi connectivity index (χ1) is 11.9. The second-order valence-electron chi connectivity index (χ2n) is 6.27. The average Bonchev–Trinajstić information content (AvgIpc) is 2.65. The molecule has 2 aromatic carbocycles. The van der Waals surface area contributed by atoms with Crippen LogP contribution in [0.4, 0.5) is 0 Å². The molecule has 0 radical (unpaired) electrons. The summed E-state index contributed by atoms with van der Waals surface area (Å²) in [5, 5.41) is 0. The highest BCUT2D eigenvalue weighted by molar-refractivity contribution is 5.31. The zero-order valence-corrected chi connectivity index (χ0v) is 14.2. The zero-order chi connectivity index (χ0) is 16.6. The van der Waals surface area contributed by atoms with Crippen LogP contribution in [-0.4, -0.2) is 49.1 Å². The van der Waals surface area contributed by atoms with E-state index in [2.05, 4.69) is 76.5 Å². The monoisotopic (exact) mass is 321 g/mol. The quantitative estimate of drug-likeness (QED) is 0.830. The second-order valence-corrected chi connectivity index (χ2v) is 6.27. The molecule has 1 heterocycles. The fourth-order valence-electron chi connectivity index (χ4n) is 3.41. The van der Waals surface area contributed by atoms with Crippen LogP contribution in [0.2, 0.25) is 0 Å². The van der Waals surface area contributed by atoms with E-state index in [-0.39, 0.29) is 0 Å². The number of nitrogens with two attached hydrogens (primary N) is 1. The summed E-state index contributed by atoms with van der Waals surface area (Å²) in [5.41, 5.74) is 8.27. The predicted octanol–water partition coefficient (Wildman–Crippen LogP) is 2.91. The van der Waals surface area contributed by atoms with Crippen LogP contribution in [0.5, 0.6) is 0 Å². The molecule has 0 bridgehead atoms. The van der Waals surface area contributed by atoms with Crippen molar-refractivity contribution >= 4 is 0 Å². The third kappa shape index (κ3) is 4.32. The summed E-state index contributed by atoms with van der Waals surface area (Å²) in [6.07, 6.45) is 4.23. The molecule has 0 atom stereocenters. The number of benzene rings is 2. The molecule has 126 valence electrons. The van der Waals surface area contributed by atoms with Gasteiger partial charge in [0.1, 0.15) is 0 Å². The van der Waals surface area contributed by atoms with E-state index in [1.807, 2.05) is 6.08 Å². The molecule has 1 fully saturated rings. The van der Waals surface area contributed by atoms with Crippen LogP contribution < -0.4 is 5.73 Å². The fourth-order valence-corrected chi connectivity index (χ4v) is 3.41. The van der Waals surface area contributed by atoms with E-state index in [9.17, 15) is 0 Å². The summed E-state index contributed by atoms with van der Waals surface area (Å²) in [7, 11) is 0. The molecule has 0 saturated carbocycles. The van der Waals surface area contributed by atoms with Crippen LogP contribution in [0.25, 0.3) is 0 Å². The van der Waals surface area contributed by atoms with Gasteiger partial charge in [0.25, 0.3) is 0 Å². The molecule has 24 heavy (non-hydrogen) atoms. The first kappa shape index (κ1) is 16.9. The zero-order valence-electron chi connectivity index (χ0n) is 14.2. The summed E-state index contributed by atoms with van der Waals surface area (Å²) < 4.78 is 0. The van der Waals surface area contributed by atoms with Crippen LogP contribution in [0.15, 0.2) is 72.8 Å². The summed E-state index contributed by atoms with van der Waals surface area (Å²) >= 11 is 0. The fraction of sp³-hybridized carbons (Fsp3) is 0.333. The van der Waals surface area contributed by atoms with Crippen molar-refractivity contribution in [3.05, 3.63) is 83.9 Å². The van der Waals surface area contributed by atoms with Crippen LogP contribution in [0.1, 0.15) is 17.2 Å². The van der Waals surface area contributed by atoms with Gasteiger partial charge in [-0.25, -0.2) is 0 Å². The molecule has 1 aliphatic rings. The first-order valence-electron chi connectivity index (χ1n) is 8.80. The van der Waals surface area contributed by atoms with E-state index < -0.39 is 0 Å². The number of rotatable bonds is 6. The molecule has 0 spiro atoms. The minimum atomic E-state index is 0.342. The Hall–Kier alpha value is -1.94. The number of nitrogens with zero attached hydrogens (tertiary/aromatic N) is 2. The molecule has 2 N–H and O–H groups in total. The maximum absolute atomic E-state index is 5.52. The summed E-state index contributed by atoms with van der Waals surface area (Å²) in [6.45, 7) is 6.02. The Bertz CT molecular complexity index is 577. The lowest BCUT2D eigenvalue weighted by molar-refractivity contribution is 0.117. The lowest BCUT2D eigenvalue weighted by Crippen LogP contribution is -2.47. The number of piperazine rings is 1. The van der Waals surface area contributed by atoms with Crippen molar-refractivity contribution in [3.8, 4) is 0 Å². The highest BCUT2D eigenvalue weighted by Gasteiger charge is 2.25. The predicted molar refractivity (Wildman–Crippen MR) is 101 cm³/mol. The minimum Gasteiger partial charge on any atom is -0.327 e. The lowest BCUT2D eigenvalue weighted by Gasteiger charge is -2.39. The van der Waals surface area contributed by atoms with Gasteiger partial charge in [-0.2, -0.15) is 0 Å². The number of hydrogen-bond acceptors (Lipinski definition) is 3. The first-order valence-corrected chi connectivity index (χ1v) is 8.80. The third-order valence-electron chi connectivity index (χ3n) is 4.67. The van der Waals surface area contributed by atoms with Crippen LogP contribution in [0, 0.1) is 0 Å². The molecule has 0 aliphatic carbocycles. The van der Waals surface area contributed by atoms with Gasteiger partial charge in [0.15, 0.2) is 0 Å². The van der Waals surface area contributed by atoms with Gasteiger partial charge in [-0.05, 0) is 11.1 Å². The molecule has 3 heteroatoms. The van der Waals surface area contributed by atoms with Crippen molar-refractivity contribution in [1.29, 1.82) is 0 Å². The largest absolute Gasteiger partial charge is 0.327 e. The molecular formula is C21H27N3. The van der Waals surface area contributed by atoms with Crippen LogP contribution in [0.3, 0.4) is 0 Å². The van der Waals surface area contributed by atoms with E-state index in [4.69, 9.17) is 5.73 Å². The summed E-state index contributed by atoms with van der Waals surface area (Å²) in [5.74, 6) is 0. The van der Waals surface area contributed by atoms with Crippen molar-refractivity contribution in [2.24, 2.45) is 5.73 Å². The summed E-state index contributed by atoms with van der Waals surface area (Å²) in [6, 6.07) is 22.1. The molecule has 1 aliphatic heterocycles. The Morgan fingerprint density at radius 3 is 1.83 bits per heavy atom. The van der Waals surface area contributed by atoms with E-state index >= 15 is 0 Å². The SMILES string of the molecule is NC/C=C/CN1CCN(C(c2ccccc2)c2ccccc2)CC1. The van der Waals surface area contributed by atoms with Crippen LogP contribution in [-0.2, 0) is 0 Å². The van der Waals surface area contributed by atoms with Gasteiger partial charge in [-0.1, -0.05) is 72.8 Å². The smallest absolute Gasteiger partial charge is 0.0602 e. The summed E-state index contributed by atoms with van der Waals surface area (Å²) in [4.78, 5) is 5.10. The molecule has 0 unspecified atom stereocenters. The highest BCUT2D eigenvalue weighted by Crippen LogP contribution is 2.29. The maximum atomic E-state index is 5.52. The molecular weight excluding hydrogens is 294 g/mol. The van der Waals surface area contributed by atoms with E-state index in [1.54, 1.807) is 0 Å². The second kappa shape index (κ2) is 8.78. The molecule has 0 aromatic heterocycles. The van der Waals surface area contributed by atoms with E-state index in [0.717, 1.165) is 32.7 Å². The Morgan fingerprint density at radius 1 is 0.792 bits per heavy atom. The van der Waals surface area contributed by atoms with Gasteiger partial charge in [0, 0.05) is 39.3 Å². The molecule has 2 aromatic rings. The minimum absolute atomic E-state index is 0.342. The van der Waals surface area contributed by atoms with Crippen molar-refractivity contribution < 1.29 is 0 Å². The topological polar surface area (TPSA) is 32.5 Å².